The molecular formula is C16H25N2O3+. The van der Waals surface area contributed by atoms with E-state index in [1.807, 2.05) is 0 Å². The van der Waals surface area contributed by atoms with Gasteiger partial charge in [-0.05, 0) is 43.5 Å². The smallest absolute Gasteiger partial charge is 0.221 e. The monoisotopic (exact) mass is 293 g/mol. The van der Waals surface area contributed by atoms with Crippen LogP contribution in [0.25, 0.3) is 0 Å². The van der Waals surface area contributed by atoms with E-state index < -0.39 is 6.10 Å². The number of ether oxygens (including phenoxy) is 1. The first-order valence-corrected chi connectivity index (χ1v) is 7.65. The molecule has 0 unspecified atom stereocenters. The van der Waals surface area contributed by atoms with E-state index in [4.69, 9.17) is 4.74 Å². The molecule has 0 radical (unpaired) electrons. The zero-order chi connectivity index (χ0) is 15.1. The number of likely N-dealkylation sites (tertiary alicyclic amines) is 1. The van der Waals surface area contributed by atoms with Gasteiger partial charge >= 0.3 is 0 Å². The van der Waals surface area contributed by atoms with Crippen molar-refractivity contribution in [1.29, 1.82) is 0 Å². The quantitative estimate of drug-likeness (QED) is 0.714. The van der Waals surface area contributed by atoms with Crippen LogP contribution in [0, 0.1) is 0 Å². The first-order chi connectivity index (χ1) is 10.1. The van der Waals surface area contributed by atoms with Crippen LogP contribution in [0.1, 0.15) is 26.2 Å². The molecule has 0 spiro atoms. The second-order valence-electron chi connectivity index (χ2n) is 5.69. The zero-order valence-corrected chi connectivity index (χ0v) is 12.6. The molecule has 0 aromatic heterocycles. The van der Waals surface area contributed by atoms with Gasteiger partial charge in [-0.3, -0.25) is 4.79 Å². The average Bonchev–Trinajstić information content (AvgIpc) is 2.47. The largest absolute Gasteiger partial charge is 0.491 e. The van der Waals surface area contributed by atoms with Crippen LogP contribution in [0.4, 0.5) is 5.69 Å². The Morgan fingerprint density at radius 3 is 2.57 bits per heavy atom. The highest BCUT2D eigenvalue weighted by Crippen LogP contribution is 2.15. The van der Waals surface area contributed by atoms with E-state index in [0.29, 0.717) is 12.4 Å². The number of hydrogen-bond donors (Lipinski definition) is 3. The van der Waals surface area contributed by atoms with Crippen molar-refractivity contribution in [3.63, 3.8) is 0 Å². The molecule has 2 rings (SSSR count). The van der Waals surface area contributed by atoms with E-state index in [9.17, 15) is 9.90 Å². The molecule has 21 heavy (non-hydrogen) atoms. The van der Waals surface area contributed by atoms with Gasteiger partial charge in [-0.15, -0.1) is 0 Å². The number of rotatable bonds is 6. The molecule has 0 saturated carbocycles. The van der Waals surface area contributed by atoms with Gasteiger partial charge in [0.25, 0.3) is 0 Å². The molecule has 1 aliphatic rings. The Bertz CT molecular complexity index is 441. The highest BCUT2D eigenvalue weighted by molar-refractivity contribution is 5.88. The van der Waals surface area contributed by atoms with E-state index in [1.165, 1.54) is 31.1 Å². The summed E-state index contributed by atoms with van der Waals surface area (Å²) in [6.07, 6.45) is 3.39. The van der Waals surface area contributed by atoms with Crippen LogP contribution in [-0.2, 0) is 4.79 Å². The molecule has 3 N–H and O–H groups in total. The number of quaternary nitrogens is 1. The second kappa shape index (κ2) is 8.00. The molecule has 1 heterocycles. The lowest BCUT2D eigenvalue weighted by atomic mass is 10.1. The van der Waals surface area contributed by atoms with Crippen molar-refractivity contribution < 1.29 is 19.5 Å². The predicted octanol–water partition coefficient (Wildman–Crippen LogP) is 0.453. The number of anilines is 1. The number of nitrogens with one attached hydrogen (secondary N) is 2. The van der Waals surface area contributed by atoms with Crippen LogP contribution in [0.5, 0.6) is 5.75 Å². The molecule has 1 aromatic rings. The molecule has 5 heteroatoms. The lowest BCUT2D eigenvalue weighted by Crippen LogP contribution is -3.14. The summed E-state index contributed by atoms with van der Waals surface area (Å²) >= 11 is 0. The third-order valence-corrected chi connectivity index (χ3v) is 3.70. The van der Waals surface area contributed by atoms with Crippen molar-refractivity contribution in [3.05, 3.63) is 24.3 Å². The average molecular weight is 293 g/mol. The molecule has 5 nitrogen and oxygen atoms in total. The number of aliphatic hydroxyl groups is 1. The summed E-state index contributed by atoms with van der Waals surface area (Å²) in [7, 11) is 0. The minimum absolute atomic E-state index is 0.0939. The van der Waals surface area contributed by atoms with Gasteiger partial charge in [-0.1, -0.05) is 0 Å². The number of aliphatic hydroxyl groups excluding tert-OH is 1. The lowest BCUT2D eigenvalue weighted by molar-refractivity contribution is -0.908. The molecule has 1 aromatic carbocycles. The van der Waals surface area contributed by atoms with Crippen molar-refractivity contribution in [3.8, 4) is 5.75 Å². The molecule has 1 saturated heterocycles. The SMILES string of the molecule is CC(=O)Nc1ccc(OC[C@H](O)C[NH+]2CCCCC2)cc1. The summed E-state index contributed by atoms with van der Waals surface area (Å²) in [4.78, 5) is 12.4. The van der Waals surface area contributed by atoms with Crippen molar-refractivity contribution in [2.24, 2.45) is 0 Å². The minimum Gasteiger partial charge on any atom is -0.491 e. The van der Waals surface area contributed by atoms with Crippen molar-refractivity contribution in [2.75, 3.05) is 31.6 Å². The third kappa shape index (κ3) is 5.73. The Morgan fingerprint density at radius 1 is 1.29 bits per heavy atom. The van der Waals surface area contributed by atoms with E-state index >= 15 is 0 Å². The highest BCUT2D eigenvalue weighted by atomic mass is 16.5. The summed E-state index contributed by atoms with van der Waals surface area (Å²) in [6.45, 7) is 4.85. The number of carbonyl (C=O) groups is 1. The lowest BCUT2D eigenvalue weighted by Gasteiger charge is -2.25. The van der Waals surface area contributed by atoms with E-state index in [-0.39, 0.29) is 5.91 Å². The molecule has 1 aliphatic heterocycles. The molecule has 116 valence electrons. The Hall–Kier alpha value is -1.59. The molecular weight excluding hydrogens is 268 g/mol. The molecule has 0 aliphatic carbocycles. The highest BCUT2D eigenvalue weighted by Gasteiger charge is 2.18. The number of piperidine rings is 1. The summed E-state index contributed by atoms with van der Waals surface area (Å²) in [5.41, 5.74) is 0.744. The number of benzene rings is 1. The van der Waals surface area contributed by atoms with E-state index in [2.05, 4.69) is 5.32 Å². The van der Waals surface area contributed by atoms with E-state index in [1.54, 1.807) is 24.3 Å². The first kappa shape index (κ1) is 15.8. The number of amides is 1. The van der Waals surface area contributed by atoms with Gasteiger partial charge in [0.05, 0.1) is 13.1 Å². The minimum atomic E-state index is -0.437. The van der Waals surface area contributed by atoms with Gasteiger partial charge in [-0.2, -0.15) is 0 Å². The van der Waals surface area contributed by atoms with Crippen LogP contribution in [-0.4, -0.2) is 43.4 Å². The van der Waals surface area contributed by atoms with Gasteiger partial charge < -0.3 is 20.1 Å². The van der Waals surface area contributed by atoms with Crippen LogP contribution in [0.3, 0.4) is 0 Å². The van der Waals surface area contributed by atoms with Crippen LogP contribution in [0.2, 0.25) is 0 Å². The summed E-state index contributed by atoms with van der Waals surface area (Å²) in [6, 6.07) is 7.18. The molecule has 0 bridgehead atoms. The summed E-state index contributed by atoms with van der Waals surface area (Å²) < 4.78 is 5.59. The van der Waals surface area contributed by atoms with Gasteiger partial charge in [0, 0.05) is 12.6 Å². The molecule has 1 amide bonds. The van der Waals surface area contributed by atoms with Crippen LogP contribution >= 0.6 is 0 Å². The fourth-order valence-corrected chi connectivity index (χ4v) is 2.68. The Morgan fingerprint density at radius 2 is 1.95 bits per heavy atom. The molecule has 1 atom stereocenters. The Balaban J connectivity index is 1.72. The van der Waals surface area contributed by atoms with Crippen LogP contribution in [0.15, 0.2) is 24.3 Å². The second-order valence-corrected chi connectivity index (χ2v) is 5.69. The molecule has 1 fully saturated rings. The van der Waals surface area contributed by atoms with Crippen molar-refractivity contribution in [2.45, 2.75) is 32.3 Å². The van der Waals surface area contributed by atoms with E-state index in [0.717, 1.165) is 25.3 Å². The standard InChI is InChI=1S/C16H24N2O3/c1-13(19)17-14-5-7-16(8-6-14)21-12-15(20)11-18-9-3-2-4-10-18/h5-8,15,20H,2-4,9-12H2,1H3,(H,17,19)/p+1/t15-/m1/s1. The topological polar surface area (TPSA) is 63.0 Å². The predicted molar refractivity (Wildman–Crippen MR) is 81.7 cm³/mol. The fourth-order valence-electron chi connectivity index (χ4n) is 2.68. The van der Waals surface area contributed by atoms with Gasteiger partial charge in [0.1, 0.15) is 25.0 Å². The van der Waals surface area contributed by atoms with Crippen molar-refractivity contribution in [1.82, 2.24) is 0 Å². The van der Waals surface area contributed by atoms with Gasteiger partial charge in [0.2, 0.25) is 5.91 Å². The zero-order valence-electron chi connectivity index (χ0n) is 12.6. The maximum absolute atomic E-state index is 10.9. The summed E-state index contributed by atoms with van der Waals surface area (Å²) in [5.74, 6) is 0.611. The Kier molecular flexibility index (Phi) is 6.02. The Labute approximate surface area is 125 Å². The maximum Gasteiger partial charge on any atom is 0.221 e. The third-order valence-electron chi connectivity index (χ3n) is 3.70. The number of carbonyl (C=O) groups excluding carboxylic acids is 1. The van der Waals surface area contributed by atoms with Gasteiger partial charge in [-0.25, -0.2) is 0 Å². The normalized spacial score (nSPS) is 17.2. The first-order valence-electron chi connectivity index (χ1n) is 7.65. The van der Waals surface area contributed by atoms with Crippen LogP contribution < -0.4 is 15.0 Å². The van der Waals surface area contributed by atoms with Crippen molar-refractivity contribution >= 4 is 11.6 Å². The summed E-state index contributed by atoms with van der Waals surface area (Å²) in [5, 5.41) is 12.7. The maximum atomic E-state index is 10.9. The number of hydrogen-bond acceptors (Lipinski definition) is 3. The van der Waals surface area contributed by atoms with Gasteiger partial charge in [0.15, 0.2) is 0 Å². The fraction of sp³-hybridized carbons (Fsp3) is 0.562.